The molecule has 0 aromatic carbocycles. The van der Waals surface area contributed by atoms with Crippen molar-refractivity contribution in [1.29, 1.82) is 0 Å². The molecule has 1 aromatic heterocycles. The molecule has 1 unspecified atom stereocenters. The number of nitrogens with zero attached hydrogens (tertiary/aromatic N) is 1. The van der Waals surface area contributed by atoms with E-state index in [1.807, 2.05) is 20.2 Å². The van der Waals surface area contributed by atoms with E-state index in [9.17, 15) is 0 Å². The van der Waals surface area contributed by atoms with Gasteiger partial charge in [-0.15, -0.1) is 0 Å². The Hall–Kier alpha value is -0.870. The summed E-state index contributed by atoms with van der Waals surface area (Å²) >= 11 is 0. The third kappa shape index (κ3) is 3.32. The van der Waals surface area contributed by atoms with Crippen LogP contribution in [0.1, 0.15) is 38.4 Å². The first-order chi connectivity index (χ1) is 7.19. The molecular weight excluding hydrogens is 190 g/mol. The predicted molar refractivity (Wildman–Crippen MR) is 60.6 cm³/mol. The zero-order valence-electron chi connectivity index (χ0n) is 10.0. The van der Waals surface area contributed by atoms with Gasteiger partial charge in [-0.05, 0) is 19.9 Å². The first-order valence-electron chi connectivity index (χ1n) is 5.49. The molecule has 0 saturated heterocycles. The van der Waals surface area contributed by atoms with Crippen LogP contribution in [0.2, 0.25) is 0 Å². The van der Waals surface area contributed by atoms with Gasteiger partial charge in [0.1, 0.15) is 11.9 Å². The summed E-state index contributed by atoms with van der Waals surface area (Å²) < 4.78 is 5.67. The first kappa shape index (κ1) is 12.2. The summed E-state index contributed by atoms with van der Waals surface area (Å²) in [6, 6.07) is 0. The van der Waals surface area contributed by atoms with Crippen molar-refractivity contribution < 1.29 is 4.74 Å². The number of imidazole rings is 1. The number of ether oxygens (including phenoxy) is 1. The second kappa shape index (κ2) is 5.88. The van der Waals surface area contributed by atoms with Crippen molar-refractivity contribution in [3.05, 3.63) is 17.7 Å². The molecule has 1 rings (SSSR count). The maximum absolute atomic E-state index is 5.67. The molecule has 4 heteroatoms. The molecule has 1 atom stereocenters. The highest BCUT2D eigenvalue weighted by molar-refractivity contribution is 5.04. The standard InChI is InChI=1S/C11H21N3O/c1-5-15-10(8(2)3)11-13-7-9(14-11)6-12-4/h7-8,10,12H,5-6H2,1-4H3,(H,13,14). The van der Waals surface area contributed by atoms with Crippen LogP contribution in [0.5, 0.6) is 0 Å². The second-order valence-electron chi connectivity index (χ2n) is 3.94. The molecule has 0 spiro atoms. The molecule has 0 bridgehead atoms. The Kier molecular flexibility index (Phi) is 4.78. The van der Waals surface area contributed by atoms with Gasteiger partial charge in [0.05, 0.1) is 0 Å². The van der Waals surface area contributed by atoms with Gasteiger partial charge >= 0.3 is 0 Å². The summed E-state index contributed by atoms with van der Waals surface area (Å²) in [5.41, 5.74) is 1.10. The minimum Gasteiger partial charge on any atom is -0.370 e. The van der Waals surface area contributed by atoms with Crippen LogP contribution in [0.4, 0.5) is 0 Å². The monoisotopic (exact) mass is 211 g/mol. The van der Waals surface area contributed by atoms with Crippen LogP contribution in [0.15, 0.2) is 6.20 Å². The summed E-state index contributed by atoms with van der Waals surface area (Å²) in [7, 11) is 1.92. The fourth-order valence-corrected chi connectivity index (χ4v) is 1.57. The molecule has 2 N–H and O–H groups in total. The van der Waals surface area contributed by atoms with Crippen LogP contribution < -0.4 is 5.32 Å². The van der Waals surface area contributed by atoms with Gasteiger partial charge in [0, 0.05) is 25.0 Å². The Balaban J connectivity index is 2.72. The Morgan fingerprint density at radius 3 is 2.80 bits per heavy atom. The highest BCUT2D eigenvalue weighted by atomic mass is 16.5. The van der Waals surface area contributed by atoms with E-state index in [4.69, 9.17) is 4.74 Å². The van der Waals surface area contributed by atoms with E-state index in [0.717, 1.165) is 18.1 Å². The van der Waals surface area contributed by atoms with E-state index >= 15 is 0 Å². The van der Waals surface area contributed by atoms with Crippen LogP contribution in [0.3, 0.4) is 0 Å². The molecule has 4 nitrogen and oxygen atoms in total. The minimum atomic E-state index is 0.0700. The number of aromatic nitrogens is 2. The quantitative estimate of drug-likeness (QED) is 0.755. The number of rotatable bonds is 6. The van der Waals surface area contributed by atoms with Crippen molar-refractivity contribution in [3.63, 3.8) is 0 Å². The number of nitrogens with one attached hydrogen (secondary N) is 2. The Labute approximate surface area is 91.4 Å². The molecule has 0 saturated carbocycles. The summed E-state index contributed by atoms with van der Waals surface area (Å²) in [5.74, 6) is 1.36. The van der Waals surface area contributed by atoms with Crippen molar-refractivity contribution >= 4 is 0 Å². The summed E-state index contributed by atoms with van der Waals surface area (Å²) in [4.78, 5) is 7.64. The largest absolute Gasteiger partial charge is 0.370 e. The third-order valence-corrected chi connectivity index (χ3v) is 2.24. The van der Waals surface area contributed by atoms with Crippen LogP contribution >= 0.6 is 0 Å². The predicted octanol–water partition coefficient (Wildman–Crippen LogP) is 1.86. The molecule has 0 radical (unpaired) electrons. The zero-order chi connectivity index (χ0) is 11.3. The van der Waals surface area contributed by atoms with Crippen molar-refractivity contribution in [2.24, 2.45) is 5.92 Å². The molecular formula is C11H21N3O. The molecule has 0 aliphatic heterocycles. The van der Waals surface area contributed by atoms with Crippen molar-refractivity contribution in [2.75, 3.05) is 13.7 Å². The lowest BCUT2D eigenvalue weighted by molar-refractivity contribution is 0.0237. The lowest BCUT2D eigenvalue weighted by Crippen LogP contribution is -2.13. The fourth-order valence-electron chi connectivity index (χ4n) is 1.57. The molecule has 1 heterocycles. The molecule has 86 valence electrons. The first-order valence-corrected chi connectivity index (χ1v) is 5.49. The third-order valence-electron chi connectivity index (χ3n) is 2.24. The van der Waals surface area contributed by atoms with Crippen LogP contribution in [-0.4, -0.2) is 23.6 Å². The molecule has 1 aromatic rings. The fraction of sp³-hybridized carbons (Fsp3) is 0.727. The van der Waals surface area contributed by atoms with Gasteiger partial charge in [0.25, 0.3) is 0 Å². The van der Waals surface area contributed by atoms with Crippen molar-refractivity contribution in [1.82, 2.24) is 15.3 Å². The molecule has 0 aliphatic rings. The number of hydrogen-bond donors (Lipinski definition) is 2. The maximum Gasteiger partial charge on any atom is 0.135 e. The second-order valence-corrected chi connectivity index (χ2v) is 3.94. The number of aromatic amines is 1. The van der Waals surface area contributed by atoms with E-state index in [2.05, 4.69) is 29.1 Å². The van der Waals surface area contributed by atoms with Crippen molar-refractivity contribution in [2.45, 2.75) is 33.4 Å². The van der Waals surface area contributed by atoms with Gasteiger partial charge in [-0.2, -0.15) is 0 Å². The topological polar surface area (TPSA) is 49.9 Å². The van der Waals surface area contributed by atoms with E-state index in [0.29, 0.717) is 12.5 Å². The van der Waals surface area contributed by atoms with Gasteiger partial charge in [-0.1, -0.05) is 13.8 Å². The number of hydrogen-bond acceptors (Lipinski definition) is 3. The number of H-pyrrole nitrogens is 1. The molecule has 15 heavy (non-hydrogen) atoms. The lowest BCUT2D eigenvalue weighted by atomic mass is 10.1. The Morgan fingerprint density at radius 1 is 1.53 bits per heavy atom. The maximum atomic E-state index is 5.67. The molecule has 0 amide bonds. The van der Waals surface area contributed by atoms with Crippen LogP contribution in [0, 0.1) is 5.92 Å². The molecule has 0 aliphatic carbocycles. The highest BCUT2D eigenvalue weighted by Gasteiger charge is 2.18. The summed E-state index contributed by atoms with van der Waals surface area (Å²) in [6.45, 7) is 7.81. The van der Waals surface area contributed by atoms with E-state index in [1.165, 1.54) is 0 Å². The summed E-state index contributed by atoms with van der Waals surface area (Å²) in [5, 5.41) is 3.09. The normalized spacial score (nSPS) is 13.4. The molecule has 0 fully saturated rings. The van der Waals surface area contributed by atoms with Crippen LogP contribution in [-0.2, 0) is 11.3 Å². The smallest absolute Gasteiger partial charge is 0.135 e. The van der Waals surface area contributed by atoms with E-state index in [-0.39, 0.29) is 6.10 Å². The van der Waals surface area contributed by atoms with E-state index in [1.54, 1.807) is 0 Å². The van der Waals surface area contributed by atoms with Crippen molar-refractivity contribution in [3.8, 4) is 0 Å². The minimum absolute atomic E-state index is 0.0700. The van der Waals surface area contributed by atoms with Gasteiger partial charge in [-0.3, -0.25) is 0 Å². The van der Waals surface area contributed by atoms with E-state index < -0.39 is 0 Å². The van der Waals surface area contributed by atoms with Gasteiger partial charge in [0.2, 0.25) is 0 Å². The SMILES string of the molecule is CCOC(c1ncc(CNC)[nH]1)C(C)C. The Bertz CT molecular complexity index is 283. The average Bonchev–Trinajstić information content (AvgIpc) is 2.62. The Morgan fingerprint density at radius 2 is 2.27 bits per heavy atom. The zero-order valence-corrected chi connectivity index (χ0v) is 10.0. The van der Waals surface area contributed by atoms with Gasteiger partial charge in [-0.25, -0.2) is 4.98 Å². The van der Waals surface area contributed by atoms with Gasteiger partial charge in [0.15, 0.2) is 0 Å². The summed E-state index contributed by atoms with van der Waals surface area (Å²) in [6.07, 6.45) is 1.93. The highest BCUT2D eigenvalue weighted by Crippen LogP contribution is 2.22. The van der Waals surface area contributed by atoms with Crippen LogP contribution in [0.25, 0.3) is 0 Å². The van der Waals surface area contributed by atoms with Gasteiger partial charge < -0.3 is 15.0 Å². The lowest BCUT2D eigenvalue weighted by Gasteiger charge is -2.18. The average molecular weight is 211 g/mol.